The van der Waals surface area contributed by atoms with Crippen LogP contribution in [0.1, 0.15) is 11.3 Å². The fourth-order valence-electron chi connectivity index (χ4n) is 3.01. The Hall–Kier alpha value is -2.84. The van der Waals surface area contributed by atoms with E-state index in [1.807, 2.05) is 6.07 Å². The predicted octanol–water partition coefficient (Wildman–Crippen LogP) is 3.29. The number of aryl methyl sites for hydroxylation is 1. The second-order valence-electron chi connectivity index (χ2n) is 6.43. The molecule has 6 nitrogen and oxygen atoms in total. The first-order valence-corrected chi connectivity index (χ1v) is 9.71. The van der Waals surface area contributed by atoms with E-state index in [2.05, 4.69) is 26.2 Å². The van der Waals surface area contributed by atoms with Crippen molar-refractivity contribution in [1.29, 1.82) is 0 Å². The van der Waals surface area contributed by atoms with Crippen LogP contribution in [0, 0.1) is 12.7 Å². The van der Waals surface area contributed by atoms with E-state index in [-0.39, 0.29) is 25.4 Å². The molecule has 0 saturated carbocycles. The molecule has 1 aromatic heterocycles. The van der Waals surface area contributed by atoms with Crippen molar-refractivity contribution in [2.45, 2.75) is 19.9 Å². The summed E-state index contributed by atoms with van der Waals surface area (Å²) in [5.74, 6) is -0.708. The molecule has 1 amide bonds. The molecule has 3 aromatic rings. The molecule has 0 fully saturated rings. The van der Waals surface area contributed by atoms with Crippen LogP contribution >= 0.6 is 15.9 Å². The fraction of sp³-hybridized carbons (Fsp3) is 0.190. The van der Waals surface area contributed by atoms with Gasteiger partial charge in [-0.05, 0) is 37.3 Å². The predicted molar refractivity (Wildman–Crippen MR) is 112 cm³/mol. The molecule has 2 aromatic carbocycles. The minimum Gasteiger partial charge on any atom is -0.396 e. The van der Waals surface area contributed by atoms with Crippen LogP contribution in [0.3, 0.4) is 0 Å². The van der Waals surface area contributed by atoms with Gasteiger partial charge in [0.25, 0.3) is 5.56 Å². The van der Waals surface area contributed by atoms with Crippen LogP contribution in [-0.2, 0) is 17.8 Å². The molecule has 0 aliphatic carbocycles. The third-order valence-corrected chi connectivity index (χ3v) is 4.82. The fourth-order valence-corrected chi connectivity index (χ4v) is 3.40. The molecule has 0 radical (unpaired) electrons. The second-order valence-corrected chi connectivity index (χ2v) is 7.35. The normalized spacial score (nSPS) is 10.8. The van der Waals surface area contributed by atoms with Crippen molar-refractivity contribution in [2.24, 2.45) is 0 Å². The van der Waals surface area contributed by atoms with Gasteiger partial charge >= 0.3 is 0 Å². The van der Waals surface area contributed by atoms with Crippen molar-refractivity contribution < 1.29 is 14.3 Å². The minimum absolute atomic E-state index is 0.119. The van der Waals surface area contributed by atoms with Gasteiger partial charge in [0.15, 0.2) is 0 Å². The van der Waals surface area contributed by atoms with Crippen LogP contribution in [-0.4, -0.2) is 27.2 Å². The zero-order chi connectivity index (χ0) is 21.0. The van der Waals surface area contributed by atoms with Gasteiger partial charge in [-0.15, -0.1) is 0 Å². The lowest BCUT2D eigenvalue weighted by molar-refractivity contribution is -0.116. The van der Waals surface area contributed by atoms with Crippen molar-refractivity contribution in [3.8, 4) is 11.4 Å². The summed E-state index contributed by atoms with van der Waals surface area (Å²) < 4.78 is 15.8. The molecule has 0 atom stereocenters. The Labute approximate surface area is 175 Å². The van der Waals surface area contributed by atoms with Gasteiger partial charge in [0.2, 0.25) is 5.91 Å². The number of hydrogen-bond acceptors (Lipinski definition) is 4. The average Bonchev–Trinajstić information content (AvgIpc) is 2.67. The zero-order valence-electron chi connectivity index (χ0n) is 15.7. The number of rotatable bonds is 6. The molecule has 29 heavy (non-hydrogen) atoms. The van der Waals surface area contributed by atoms with Crippen LogP contribution in [0.4, 0.5) is 10.1 Å². The topological polar surface area (TPSA) is 84.2 Å². The standard InChI is InChI=1S/C21H19BrFN3O3/c1-13-18(8-9-27)21(29)26(20(24-13)14-4-2-6-16(23)10-14)12-19(28)25-17-7-3-5-15(22)11-17/h2-7,10-11,27H,8-9,12H2,1H3,(H,25,28). The number of halogens is 2. The summed E-state index contributed by atoms with van der Waals surface area (Å²) in [5, 5.41) is 12.0. The van der Waals surface area contributed by atoms with Crippen LogP contribution in [0.15, 0.2) is 57.8 Å². The molecule has 0 aliphatic heterocycles. The maximum absolute atomic E-state index is 13.7. The summed E-state index contributed by atoms with van der Waals surface area (Å²) in [6.45, 7) is 1.13. The van der Waals surface area contributed by atoms with E-state index in [1.165, 1.54) is 22.8 Å². The van der Waals surface area contributed by atoms with Crippen LogP contribution < -0.4 is 10.9 Å². The number of hydrogen-bond donors (Lipinski definition) is 2. The van der Waals surface area contributed by atoms with E-state index in [0.717, 1.165) is 4.47 Å². The molecule has 8 heteroatoms. The summed E-state index contributed by atoms with van der Waals surface area (Å²) in [4.78, 5) is 30.1. The van der Waals surface area contributed by atoms with Gasteiger partial charge in [-0.3, -0.25) is 14.2 Å². The third kappa shape index (κ3) is 4.96. The summed E-state index contributed by atoms with van der Waals surface area (Å²) >= 11 is 3.34. The SMILES string of the molecule is Cc1nc(-c2cccc(F)c2)n(CC(=O)Nc2cccc(Br)c2)c(=O)c1CCO. The van der Waals surface area contributed by atoms with Crippen molar-refractivity contribution in [2.75, 3.05) is 11.9 Å². The highest BCUT2D eigenvalue weighted by molar-refractivity contribution is 9.10. The number of anilines is 1. The van der Waals surface area contributed by atoms with E-state index in [4.69, 9.17) is 0 Å². The highest BCUT2D eigenvalue weighted by Crippen LogP contribution is 2.20. The number of carbonyl (C=O) groups excluding carboxylic acids is 1. The Morgan fingerprint density at radius 3 is 2.69 bits per heavy atom. The number of aliphatic hydroxyl groups excluding tert-OH is 1. The zero-order valence-corrected chi connectivity index (χ0v) is 17.2. The van der Waals surface area contributed by atoms with Crippen LogP contribution in [0.5, 0.6) is 0 Å². The van der Waals surface area contributed by atoms with E-state index >= 15 is 0 Å². The number of carbonyl (C=O) groups is 1. The molecule has 3 rings (SSSR count). The second kappa shape index (κ2) is 9.11. The quantitative estimate of drug-likeness (QED) is 0.592. The highest BCUT2D eigenvalue weighted by Gasteiger charge is 2.18. The molecule has 2 N–H and O–H groups in total. The molecule has 150 valence electrons. The van der Waals surface area contributed by atoms with E-state index < -0.39 is 17.3 Å². The Morgan fingerprint density at radius 1 is 1.24 bits per heavy atom. The molecule has 0 saturated heterocycles. The molecule has 0 bridgehead atoms. The summed E-state index contributed by atoms with van der Waals surface area (Å²) in [6.07, 6.45) is 0.119. The van der Waals surface area contributed by atoms with Crippen molar-refractivity contribution in [3.63, 3.8) is 0 Å². The highest BCUT2D eigenvalue weighted by atomic mass is 79.9. The summed E-state index contributed by atoms with van der Waals surface area (Å²) in [5.41, 5.74) is 1.28. The van der Waals surface area contributed by atoms with E-state index in [9.17, 15) is 19.1 Å². The van der Waals surface area contributed by atoms with Gasteiger partial charge in [0.05, 0.1) is 0 Å². The molecule has 0 spiro atoms. The van der Waals surface area contributed by atoms with Gasteiger partial charge in [-0.1, -0.05) is 34.1 Å². The molecule has 1 heterocycles. The smallest absolute Gasteiger partial charge is 0.257 e. The Kier molecular flexibility index (Phi) is 6.56. The first-order valence-electron chi connectivity index (χ1n) is 8.91. The molecule has 0 aliphatic rings. The monoisotopic (exact) mass is 459 g/mol. The van der Waals surface area contributed by atoms with Crippen molar-refractivity contribution in [3.05, 3.63) is 80.4 Å². The largest absolute Gasteiger partial charge is 0.396 e. The van der Waals surface area contributed by atoms with Gasteiger partial charge in [-0.25, -0.2) is 9.37 Å². The molecule has 0 unspecified atom stereocenters. The number of aromatic nitrogens is 2. The first kappa shape index (κ1) is 20.9. The number of benzene rings is 2. The van der Waals surface area contributed by atoms with Gasteiger partial charge in [0, 0.05) is 40.0 Å². The van der Waals surface area contributed by atoms with Crippen LogP contribution in [0.25, 0.3) is 11.4 Å². The average molecular weight is 460 g/mol. The Bertz CT molecular complexity index is 1110. The number of aliphatic hydroxyl groups is 1. The maximum Gasteiger partial charge on any atom is 0.257 e. The number of amides is 1. The Morgan fingerprint density at radius 2 is 2.00 bits per heavy atom. The molecular formula is C21H19BrFN3O3. The Balaban J connectivity index is 2.03. The van der Waals surface area contributed by atoms with E-state index in [0.29, 0.717) is 22.5 Å². The van der Waals surface area contributed by atoms with E-state index in [1.54, 1.807) is 31.2 Å². The summed E-state index contributed by atoms with van der Waals surface area (Å²) in [7, 11) is 0. The van der Waals surface area contributed by atoms with Gasteiger partial charge in [0.1, 0.15) is 18.2 Å². The first-order chi connectivity index (χ1) is 13.9. The van der Waals surface area contributed by atoms with Gasteiger partial charge < -0.3 is 10.4 Å². The number of nitrogens with zero attached hydrogens (tertiary/aromatic N) is 2. The summed E-state index contributed by atoms with van der Waals surface area (Å²) in [6, 6.07) is 12.7. The molecular weight excluding hydrogens is 441 g/mol. The van der Waals surface area contributed by atoms with Crippen LogP contribution in [0.2, 0.25) is 0 Å². The van der Waals surface area contributed by atoms with Gasteiger partial charge in [-0.2, -0.15) is 0 Å². The van der Waals surface area contributed by atoms with Crippen molar-refractivity contribution in [1.82, 2.24) is 9.55 Å². The lowest BCUT2D eigenvalue weighted by atomic mass is 10.1. The lowest BCUT2D eigenvalue weighted by Crippen LogP contribution is -2.33. The maximum atomic E-state index is 13.7. The minimum atomic E-state index is -0.473. The third-order valence-electron chi connectivity index (χ3n) is 4.32. The lowest BCUT2D eigenvalue weighted by Gasteiger charge is -2.16. The number of nitrogens with one attached hydrogen (secondary N) is 1. The van der Waals surface area contributed by atoms with Crippen molar-refractivity contribution >= 4 is 27.5 Å².